The number of benzene rings is 4. The number of halogens is 2. The number of aryl methyl sites for hydroxylation is 1. The third-order valence-corrected chi connectivity index (χ3v) is 9.94. The summed E-state index contributed by atoms with van der Waals surface area (Å²) in [5, 5.41) is 3.59. The van der Waals surface area contributed by atoms with E-state index in [2.05, 4.69) is 5.32 Å². The molecule has 0 saturated carbocycles. The zero-order valence-electron chi connectivity index (χ0n) is 25.3. The molecule has 2 amide bonds. The third kappa shape index (κ3) is 8.45. The summed E-state index contributed by atoms with van der Waals surface area (Å²) in [5.74, 6) is -0.937. The Kier molecular flexibility index (Phi) is 12.0. The standard InChI is InChI=1S/C35H37Cl2N3O4S/c1-3-22-38-35(42)33(23-26-14-7-5-8-15-26)39(24-29-30(36)19-13-20-31(29)37)34(41)25-40(32-21-12-11-16-27(32)4-2)45(43,44)28-17-9-6-10-18-28/h5-21,33H,3-4,22-25H2,1-2H3,(H,38,42). The zero-order valence-corrected chi connectivity index (χ0v) is 27.7. The molecule has 0 bridgehead atoms. The van der Waals surface area contributed by atoms with E-state index in [-0.39, 0.29) is 23.8 Å². The van der Waals surface area contributed by atoms with Crippen molar-refractivity contribution in [2.24, 2.45) is 0 Å². The predicted molar refractivity (Wildman–Crippen MR) is 181 cm³/mol. The number of hydrogen-bond donors (Lipinski definition) is 1. The predicted octanol–water partition coefficient (Wildman–Crippen LogP) is 6.92. The van der Waals surface area contributed by atoms with Gasteiger partial charge in [-0.05, 0) is 54.3 Å². The maximum Gasteiger partial charge on any atom is 0.264 e. The Balaban J connectivity index is 1.85. The lowest BCUT2D eigenvalue weighted by Gasteiger charge is -2.34. The molecular formula is C35H37Cl2N3O4S. The topological polar surface area (TPSA) is 86.8 Å². The van der Waals surface area contributed by atoms with Crippen molar-refractivity contribution in [3.05, 3.63) is 130 Å². The molecular weight excluding hydrogens is 629 g/mol. The fraction of sp³-hybridized carbons (Fsp3) is 0.257. The van der Waals surface area contributed by atoms with Crippen molar-refractivity contribution in [1.82, 2.24) is 10.2 Å². The Hall–Kier alpha value is -3.85. The first-order chi connectivity index (χ1) is 21.7. The number of nitrogens with zero attached hydrogens (tertiary/aromatic N) is 2. The Labute approximate surface area is 275 Å². The average molecular weight is 667 g/mol. The molecule has 1 atom stereocenters. The van der Waals surface area contributed by atoms with Crippen LogP contribution in [0.3, 0.4) is 0 Å². The van der Waals surface area contributed by atoms with E-state index >= 15 is 0 Å². The molecule has 0 fully saturated rings. The van der Waals surface area contributed by atoms with E-state index in [4.69, 9.17) is 23.2 Å². The number of nitrogens with one attached hydrogen (secondary N) is 1. The molecule has 0 heterocycles. The summed E-state index contributed by atoms with van der Waals surface area (Å²) in [4.78, 5) is 29.8. The second-order valence-electron chi connectivity index (χ2n) is 10.5. The minimum atomic E-state index is -4.19. The van der Waals surface area contributed by atoms with E-state index in [0.29, 0.717) is 40.7 Å². The Morgan fingerprint density at radius 3 is 2.02 bits per heavy atom. The quantitative estimate of drug-likeness (QED) is 0.158. The van der Waals surface area contributed by atoms with Gasteiger partial charge in [0.25, 0.3) is 10.0 Å². The van der Waals surface area contributed by atoms with Crippen LogP contribution in [0.15, 0.2) is 108 Å². The van der Waals surface area contributed by atoms with E-state index in [1.165, 1.54) is 17.0 Å². The van der Waals surface area contributed by atoms with Gasteiger partial charge in [-0.1, -0.05) is 110 Å². The summed E-state index contributed by atoms with van der Waals surface area (Å²) >= 11 is 13.1. The largest absolute Gasteiger partial charge is 0.354 e. The number of carbonyl (C=O) groups excluding carboxylic acids is 2. The van der Waals surface area contributed by atoms with Crippen LogP contribution in [-0.2, 0) is 39.0 Å². The van der Waals surface area contributed by atoms with Crippen LogP contribution < -0.4 is 9.62 Å². The van der Waals surface area contributed by atoms with Crippen LogP contribution in [0, 0.1) is 0 Å². The number of carbonyl (C=O) groups is 2. The first kappa shape index (κ1) is 34.0. The summed E-state index contributed by atoms with van der Waals surface area (Å²) in [7, 11) is -4.19. The molecule has 7 nitrogen and oxygen atoms in total. The number of anilines is 1. The highest BCUT2D eigenvalue weighted by atomic mass is 35.5. The molecule has 0 saturated heterocycles. The average Bonchev–Trinajstić information content (AvgIpc) is 3.06. The van der Waals surface area contributed by atoms with Gasteiger partial charge in [0.15, 0.2) is 0 Å². The molecule has 0 aliphatic rings. The van der Waals surface area contributed by atoms with Gasteiger partial charge in [0.05, 0.1) is 10.6 Å². The van der Waals surface area contributed by atoms with Crippen LogP contribution >= 0.6 is 23.2 Å². The van der Waals surface area contributed by atoms with Crippen molar-refractivity contribution >= 4 is 50.7 Å². The SMILES string of the molecule is CCCNC(=O)C(Cc1ccccc1)N(Cc1c(Cl)cccc1Cl)C(=O)CN(c1ccccc1CC)S(=O)(=O)c1ccccc1. The highest BCUT2D eigenvalue weighted by Crippen LogP contribution is 2.30. The van der Waals surface area contributed by atoms with Crippen LogP contribution in [0.25, 0.3) is 0 Å². The van der Waals surface area contributed by atoms with Crippen molar-refractivity contribution in [2.45, 2.75) is 50.6 Å². The molecule has 236 valence electrons. The summed E-state index contributed by atoms with van der Waals surface area (Å²) < 4.78 is 29.5. The number of amides is 2. The van der Waals surface area contributed by atoms with Crippen LogP contribution in [0.2, 0.25) is 10.0 Å². The van der Waals surface area contributed by atoms with Crippen LogP contribution in [0.1, 0.15) is 37.0 Å². The minimum absolute atomic E-state index is 0.0472. The molecule has 0 aromatic heterocycles. The summed E-state index contributed by atoms with van der Waals surface area (Å²) in [6.45, 7) is 3.62. The lowest BCUT2D eigenvalue weighted by atomic mass is 10.0. The fourth-order valence-electron chi connectivity index (χ4n) is 5.06. The van der Waals surface area contributed by atoms with Crippen molar-refractivity contribution < 1.29 is 18.0 Å². The summed E-state index contributed by atoms with van der Waals surface area (Å²) in [6, 6.07) is 28.5. The van der Waals surface area contributed by atoms with Gasteiger partial charge in [0, 0.05) is 35.1 Å². The molecule has 1 unspecified atom stereocenters. The number of hydrogen-bond acceptors (Lipinski definition) is 4. The molecule has 0 aliphatic carbocycles. The van der Waals surface area contributed by atoms with Gasteiger partial charge >= 0.3 is 0 Å². The molecule has 45 heavy (non-hydrogen) atoms. The van der Waals surface area contributed by atoms with Crippen molar-refractivity contribution in [1.29, 1.82) is 0 Å². The van der Waals surface area contributed by atoms with E-state index < -0.39 is 28.5 Å². The number of sulfonamides is 1. The minimum Gasteiger partial charge on any atom is -0.354 e. The third-order valence-electron chi connectivity index (χ3n) is 7.46. The van der Waals surface area contributed by atoms with Gasteiger partial charge in [0.1, 0.15) is 12.6 Å². The first-order valence-corrected chi connectivity index (χ1v) is 17.1. The molecule has 4 aromatic rings. The van der Waals surface area contributed by atoms with Gasteiger partial charge in [-0.2, -0.15) is 0 Å². The number of para-hydroxylation sites is 1. The maximum absolute atomic E-state index is 14.6. The van der Waals surface area contributed by atoms with E-state index in [1.54, 1.807) is 48.5 Å². The molecule has 4 rings (SSSR count). The fourth-order valence-corrected chi connectivity index (χ4v) is 7.05. The number of rotatable bonds is 14. The zero-order chi connectivity index (χ0) is 32.4. The monoisotopic (exact) mass is 665 g/mol. The first-order valence-electron chi connectivity index (χ1n) is 14.9. The van der Waals surface area contributed by atoms with Crippen molar-refractivity contribution in [3.8, 4) is 0 Å². The van der Waals surface area contributed by atoms with Gasteiger partial charge < -0.3 is 10.2 Å². The normalized spacial score (nSPS) is 11.9. The van der Waals surface area contributed by atoms with Gasteiger partial charge in [0.2, 0.25) is 11.8 Å². The Morgan fingerprint density at radius 2 is 1.40 bits per heavy atom. The van der Waals surface area contributed by atoms with Crippen molar-refractivity contribution in [2.75, 3.05) is 17.4 Å². The van der Waals surface area contributed by atoms with E-state index in [1.807, 2.05) is 56.3 Å². The van der Waals surface area contributed by atoms with E-state index in [0.717, 1.165) is 15.4 Å². The Morgan fingerprint density at radius 1 is 0.800 bits per heavy atom. The van der Waals surface area contributed by atoms with E-state index in [9.17, 15) is 18.0 Å². The molecule has 4 aromatic carbocycles. The van der Waals surface area contributed by atoms with Gasteiger partial charge in [-0.25, -0.2) is 8.42 Å². The van der Waals surface area contributed by atoms with Crippen LogP contribution in [-0.4, -0.2) is 44.3 Å². The van der Waals surface area contributed by atoms with Gasteiger partial charge in [-0.3, -0.25) is 13.9 Å². The summed E-state index contributed by atoms with van der Waals surface area (Å²) in [6.07, 6.45) is 1.44. The van der Waals surface area contributed by atoms with Crippen molar-refractivity contribution in [3.63, 3.8) is 0 Å². The second-order valence-corrected chi connectivity index (χ2v) is 13.2. The summed E-state index contributed by atoms with van der Waals surface area (Å²) in [5.41, 5.74) is 2.44. The highest BCUT2D eigenvalue weighted by Gasteiger charge is 2.35. The Bertz CT molecular complexity index is 1680. The van der Waals surface area contributed by atoms with Crippen LogP contribution in [0.4, 0.5) is 5.69 Å². The van der Waals surface area contributed by atoms with Crippen LogP contribution in [0.5, 0.6) is 0 Å². The lowest BCUT2D eigenvalue weighted by Crippen LogP contribution is -2.53. The smallest absolute Gasteiger partial charge is 0.264 e. The lowest BCUT2D eigenvalue weighted by molar-refractivity contribution is -0.140. The molecule has 0 radical (unpaired) electrons. The molecule has 0 spiro atoms. The maximum atomic E-state index is 14.6. The highest BCUT2D eigenvalue weighted by molar-refractivity contribution is 7.92. The second kappa shape index (κ2) is 15.9. The van der Waals surface area contributed by atoms with Gasteiger partial charge in [-0.15, -0.1) is 0 Å². The molecule has 0 aliphatic heterocycles. The molecule has 1 N–H and O–H groups in total. The molecule has 10 heteroatoms.